The number of anilines is 3. The summed E-state index contributed by atoms with van der Waals surface area (Å²) in [4.78, 5) is 2.43. The predicted molar refractivity (Wildman–Crippen MR) is 284 cm³/mol. The van der Waals surface area contributed by atoms with Gasteiger partial charge in [0.2, 0.25) is 0 Å². The molecule has 0 radical (unpaired) electrons. The molecule has 67 heavy (non-hydrogen) atoms. The molecule has 0 saturated heterocycles. The van der Waals surface area contributed by atoms with E-state index >= 15 is 0 Å². The first-order valence-corrected chi connectivity index (χ1v) is 23.3. The number of para-hydroxylation sites is 1. The van der Waals surface area contributed by atoms with Gasteiger partial charge < -0.3 is 9.47 Å². The smallest absolute Gasteiger partial charge is 0.0541 e. The first-order valence-electron chi connectivity index (χ1n) is 23.3. The molecule has 0 atom stereocenters. The van der Waals surface area contributed by atoms with Crippen molar-refractivity contribution in [3.63, 3.8) is 0 Å². The van der Waals surface area contributed by atoms with Gasteiger partial charge in [-0.3, -0.25) is 0 Å². The second-order valence-corrected chi connectivity index (χ2v) is 18.6. The molecule has 0 N–H and O–H groups in total. The average Bonchev–Trinajstić information content (AvgIpc) is 3.83. The van der Waals surface area contributed by atoms with E-state index in [2.05, 4.69) is 266 Å². The molecule has 13 rings (SSSR count). The topological polar surface area (TPSA) is 8.17 Å². The molecule has 1 heterocycles. The van der Waals surface area contributed by atoms with Gasteiger partial charge in [0.05, 0.1) is 16.7 Å². The summed E-state index contributed by atoms with van der Waals surface area (Å²) in [7, 11) is 0. The van der Waals surface area contributed by atoms with Crippen LogP contribution in [-0.2, 0) is 5.41 Å². The van der Waals surface area contributed by atoms with E-state index in [1.165, 1.54) is 105 Å². The summed E-state index contributed by atoms with van der Waals surface area (Å²) in [5, 5.41) is 7.48. The van der Waals surface area contributed by atoms with Crippen LogP contribution in [0.3, 0.4) is 0 Å². The molecule has 316 valence electrons. The lowest BCUT2D eigenvalue weighted by Crippen LogP contribution is -2.16. The Morgan fingerprint density at radius 1 is 0.313 bits per heavy atom. The van der Waals surface area contributed by atoms with Gasteiger partial charge in [0.15, 0.2) is 0 Å². The third-order valence-electron chi connectivity index (χ3n) is 14.3. The van der Waals surface area contributed by atoms with Gasteiger partial charge in [-0.25, -0.2) is 0 Å². The fourth-order valence-electron chi connectivity index (χ4n) is 11.0. The van der Waals surface area contributed by atoms with Crippen molar-refractivity contribution >= 4 is 60.4 Å². The lowest BCUT2D eigenvalue weighted by Gasteiger charge is -2.28. The van der Waals surface area contributed by atoms with Crippen LogP contribution in [0.2, 0.25) is 0 Å². The lowest BCUT2D eigenvalue weighted by atomic mass is 9.82. The van der Waals surface area contributed by atoms with Gasteiger partial charge in [0.1, 0.15) is 0 Å². The maximum absolute atomic E-state index is 2.43. The Labute approximate surface area is 391 Å². The number of fused-ring (bicyclic) bond motifs is 8. The maximum atomic E-state index is 2.43. The van der Waals surface area contributed by atoms with Crippen molar-refractivity contribution in [3.05, 3.63) is 254 Å². The molecule has 1 aromatic heterocycles. The van der Waals surface area contributed by atoms with E-state index in [1.807, 2.05) is 0 Å². The average molecular weight is 855 g/mol. The third kappa shape index (κ3) is 6.40. The minimum atomic E-state index is -0.121. The van der Waals surface area contributed by atoms with Gasteiger partial charge >= 0.3 is 0 Å². The third-order valence-corrected chi connectivity index (χ3v) is 14.3. The molecular weight excluding hydrogens is 809 g/mol. The van der Waals surface area contributed by atoms with Crippen molar-refractivity contribution in [2.75, 3.05) is 4.90 Å². The Morgan fingerprint density at radius 2 is 0.881 bits per heavy atom. The van der Waals surface area contributed by atoms with E-state index in [1.54, 1.807) is 0 Å². The zero-order valence-corrected chi connectivity index (χ0v) is 37.5. The van der Waals surface area contributed by atoms with Crippen molar-refractivity contribution in [2.24, 2.45) is 0 Å². The first-order chi connectivity index (χ1) is 33.0. The Balaban J connectivity index is 0.903. The predicted octanol–water partition coefficient (Wildman–Crippen LogP) is 17.9. The van der Waals surface area contributed by atoms with Crippen LogP contribution in [-0.4, -0.2) is 4.57 Å². The van der Waals surface area contributed by atoms with Crippen LogP contribution in [0.5, 0.6) is 0 Å². The summed E-state index contributed by atoms with van der Waals surface area (Å²) >= 11 is 0. The second kappa shape index (κ2) is 15.3. The van der Waals surface area contributed by atoms with Crippen molar-refractivity contribution in [3.8, 4) is 50.2 Å². The molecule has 0 amide bonds. The highest BCUT2D eigenvalue weighted by molar-refractivity contribution is 6.12. The van der Waals surface area contributed by atoms with Crippen LogP contribution >= 0.6 is 0 Å². The van der Waals surface area contributed by atoms with Crippen LogP contribution in [0.4, 0.5) is 17.1 Å². The van der Waals surface area contributed by atoms with E-state index in [0.29, 0.717) is 0 Å². The molecular formula is C65H46N2. The summed E-state index contributed by atoms with van der Waals surface area (Å²) in [6.07, 6.45) is 0. The van der Waals surface area contributed by atoms with Crippen LogP contribution in [0, 0.1) is 0 Å². The SMILES string of the molecule is CC1(C)c2ccccc2-c2ccc(N(c3ccc(-c4ccc5ccccc5c4)cc3)c3cccc(-c4cccc(-c5ccc6c(c5)c5ccccc5n6-c5cccc6ccccc56)c4)c3)cc21. The van der Waals surface area contributed by atoms with Gasteiger partial charge in [-0.05, 0) is 145 Å². The van der Waals surface area contributed by atoms with Crippen LogP contribution in [0.1, 0.15) is 25.0 Å². The molecule has 0 bridgehead atoms. The van der Waals surface area contributed by atoms with Gasteiger partial charge in [0, 0.05) is 38.6 Å². The first kappa shape index (κ1) is 39.0. The Bertz CT molecular complexity index is 3900. The Kier molecular flexibility index (Phi) is 8.91. The molecule has 0 spiro atoms. The number of hydrogen-bond acceptors (Lipinski definition) is 1. The van der Waals surface area contributed by atoms with E-state index in [0.717, 1.165) is 17.1 Å². The minimum Gasteiger partial charge on any atom is -0.310 e. The van der Waals surface area contributed by atoms with Crippen LogP contribution in [0.25, 0.3) is 93.5 Å². The summed E-state index contributed by atoms with van der Waals surface area (Å²) < 4.78 is 2.43. The fourth-order valence-corrected chi connectivity index (χ4v) is 11.0. The standard InChI is InChI=1S/C65H46N2/c1-65(2)60-25-9-7-23-56(60)57-36-35-54(42-61(57)65)66(52-33-30-44(31-34-52)50-29-28-43-14-3-4-16-46(43)38-50)53-21-12-20-49(40-53)47-18-11-19-48(39-47)51-32-37-64-59(41-51)58-24-8-10-26-63(58)67(64)62-27-13-17-45-15-5-6-22-55(45)62/h3-42H,1-2H3. The van der Waals surface area contributed by atoms with Gasteiger partial charge in [-0.15, -0.1) is 0 Å². The Hall–Kier alpha value is -8.46. The molecule has 11 aromatic carbocycles. The fraction of sp³-hybridized carbons (Fsp3) is 0.0462. The second-order valence-electron chi connectivity index (χ2n) is 18.6. The minimum absolute atomic E-state index is 0.121. The molecule has 12 aromatic rings. The quantitative estimate of drug-likeness (QED) is 0.155. The van der Waals surface area contributed by atoms with E-state index < -0.39 is 0 Å². The summed E-state index contributed by atoms with van der Waals surface area (Å²) in [5.74, 6) is 0. The van der Waals surface area contributed by atoms with Crippen LogP contribution in [0.15, 0.2) is 243 Å². The summed E-state index contributed by atoms with van der Waals surface area (Å²) in [6.45, 7) is 4.72. The highest BCUT2D eigenvalue weighted by atomic mass is 15.1. The molecule has 1 aliphatic rings. The zero-order chi connectivity index (χ0) is 44.6. The van der Waals surface area contributed by atoms with Crippen molar-refractivity contribution < 1.29 is 0 Å². The Morgan fingerprint density at radius 3 is 1.73 bits per heavy atom. The molecule has 2 heteroatoms. The highest BCUT2D eigenvalue weighted by Crippen LogP contribution is 2.51. The number of aromatic nitrogens is 1. The van der Waals surface area contributed by atoms with Gasteiger partial charge in [0.25, 0.3) is 0 Å². The zero-order valence-electron chi connectivity index (χ0n) is 37.5. The largest absolute Gasteiger partial charge is 0.310 e. The van der Waals surface area contributed by atoms with Gasteiger partial charge in [-0.1, -0.05) is 184 Å². The van der Waals surface area contributed by atoms with E-state index in [4.69, 9.17) is 0 Å². The van der Waals surface area contributed by atoms with E-state index in [9.17, 15) is 0 Å². The normalized spacial score (nSPS) is 12.7. The molecule has 1 aliphatic carbocycles. The molecule has 2 nitrogen and oxygen atoms in total. The van der Waals surface area contributed by atoms with E-state index in [-0.39, 0.29) is 5.41 Å². The highest BCUT2D eigenvalue weighted by Gasteiger charge is 2.35. The number of hydrogen-bond donors (Lipinski definition) is 0. The maximum Gasteiger partial charge on any atom is 0.0541 e. The molecule has 0 unspecified atom stereocenters. The summed E-state index contributed by atoms with van der Waals surface area (Å²) in [6, 6.07) is 89.5. The molecule has 0 aliphatic heterocycles. The van der Waals surface area contributed by atoms with Crippen molar-refractivity contribution in [2.45, 2.75) is 19.3 Å². The van der Waals surface area contributed by atoms with Gasteiger partial charge in [-0.2, -0.15) is 0 Å². The molecule has 0 fully saturated rings. The number of rotatable bonds is 7. The van der Waals surface area contributed by atoms with Crippen LogP contribution < -0.4 is 4.90 Å². The summed E-state index contributed by atoms with van der Waals surface area (Å²) in [5.41, 5.74) is 19.4. The van der Waals surface area contributed by atoms with Crippen molar-refractivity contribution in [1.82, 2.24) is 4.57 Å². The molecule has 0 saturated carbocycles. The van der Waals surface area contributed by atoms with Crippen molar-refractivity contribution in [1.29, 1.82) is 0 Å². The number of benzene rings is 11. The number of nitrogens with zero attached hydrogens (tertiary/aromatic N) is 2. The lowest BCUT2D eigenvalue weighted by molar-refractivity contribution is 0.660. The monoisotopic (exact) mass is 854 g/mol.